The van der Waals surface area contributed by atoms with Crippen LogP contribution in [0.1, 0.15) is 18.1 Å². The lowest BCUT2D eigenvalue weighted by molar-refractivity contribution is 0.163. The minimum absolute atomic E-state index is 0.0515. The van der Waals surface area contributed by atoms with Crippen LogP contribution in [0.15, 0.2) is 12.1 Å². The highest BCUT2D eigenvalue weighted by molar-refractivity contribution is 7.92. The van der Waals surface area contributed by atoms with Gasteiger partial charge in [-0.15, -0.1) is 0 Å². The smallest absolute Gasteiger partial charge is 0.235 e. The van der Waals surface area contributed by atoms with Crippen LogP contribution in [0.25, 0.3) is 0 Å². The van der Waals surface area contributed by atoms with E-state index >= 15 is 0 Å². The van der Waals surface area contributed by atoms with Crippen LogP contribution in [0.2, 0.25) is 0 Å². The number of rotatable bonds is 6. The van der Waals surface area contributed by atoms with E-state index in [4.69, 9.17) is 10.5 Å². The second kappa shape index (κ2) is 6.06. The Hall–Kier alpha value is -1.27. The van der Waals surface area contributed by atoms with E-state index in [2.05, 4.69) is 4.72 Å². The number of nitrogens with two attached hydrogens (primary N) is 1. The summed E-state index contributed by atoms with van der Waals surface area (Å²) < 4.78 is 31.3. The number of anilines is 2. The van der Waals surface area contributed by atoms with Crippen molar-refractivity contribution in [3.05, 3.63) is 23.3 Å². The SMILES string of the molecule is CCOCCS(=O)(=O)Nc1c(C)cc(N)cc1C. The van der Waals surface area contributed by atoms with Crippen LogP contribution >= 0.6 is 0 Å². The molecular formula is C12H20N2O3S. The number of aryl methyl sites for hydroxylation is 2. The number of nitrogens with one attached hydrogen (secondary N) is 1. The topological polar surface area (TPSA) is 81.4 Å². The molecule has 102 valence electrons. The largest absolute Gasteiger partial charge is 0.399 e. The van der Waals surface area contributed by atoms with Gasteiger partial charge in [-0.2, -0.15) is 0 Å². The molecule has 0 spiro atoms. The van der Waals surface area contributed by atoms with Crippen molar-refractivity contribution in [3.63, 3.8) is 0 Å². The predicted octanol–water partition coefficient (Wildman–Crippen LogP) is 1.66. The van der Waals surface area contributed by atoms with Gasteiger partial charge in [-0.1, -0.05) is 0 Å². The molecule has 3 N–H and O–H groups in total. The number of hydrogen-bond donors (Lipinski definition) is 2. The Kier molecular flexibility index (Phi) is 4.98. The zero-order valence-corrected chi connectivity index (χ0v) is 11.8. The maximum Gasteiger partial charge on any atom is 0.235 e. The van der Waals surface area contributed by atoms with E-state index in [1.165, 1.54) is 0 Å². The molecule has 0 aliphatic rings. The molecule has 0 aliphatic carbocycles. The molecule has 0 bridgehead atoms. The molecular weight excluding hydrogens is 252 g/mol. The number of benzene rings is 1. The van der Waals surface area contributed by atoms with Crippen LogP contribution in [0, 0.1) is 13.8 Å². The first-order valence-electron chi connectivity index (χ1n) is 5.80. The van der Waals surface area contributed by atoms with Crippen LogP contribution in [0.5, 0.6) is 0 Å². The molecule has 0 radical (unpaired) electrons. The third-order valence-electron chi connectivity index (χ3n) is 2.51. The van der Waals surface area contributed by atoms with Gasteiger partial charge in [-0.25, -0.2) is 8.42 Å². The molecule has 0 saturated heterocycles. The molecule has 0 aliphatic heterocycles. The molecule has 0 unspecified atom stereocenters. The highest BCUT2D eigenvalue weighted by atomic mass is 32.2. The zero-order chi connectivity index (χ0) is 13.8. The van der Waals surface area contributed by atoms with Crippen LogP contribution in [0.3, 0.4) is 0 Å². The molecule has 18 heavy (non-hydrogen) atoms. The third kappa shape index (κ3) is 4.19. The molecule has 0 atom stereocenters. The van der Waals surface area contributed by atoms with Gasteiger partial charge in [0.1, 0.15) is 0 Å². The third-order valence-corrected chi connectivity index (χ3v) is 3.73. The first-order valence-corrected chi connectivity index (χ1v) is 7.46. The Bertz CT molecular complexity index is 489. The number of sulfonamides is 1. The van der Waals surface area contributed by atoms with Crippen molar-refractivity contribution in [1.29, 1.82) is 0 Å². The zero-order valence-electron chi connectivity index (χ0n) is 11.0. The highest BCUT2D eigenvalue weighted by Crippen LogP contribution is 2.24. The molecule has 0 aromatic heterocycles. The van der Waals surface area contributed by atoms with Gasteiger partial charge in [0.15, 0.2) is 0 Å². The van der Waals surface area contributed by atoms with E-state index in [1.54, 1.807) is 12.1 Å². The quantitative estimate of drug-likeness (QED) is 0.609. The fourth-order valence-electron chi connectivity index (χ4n) is 1.68. The number of ether oxygens (including phenoxy) is 1. The lowest BCUT2D eigenvalue weighted by Gasteiger charge is -2.14. The Balaban J connectivity index is 2.84. The van der Waals surface area contributed by atoms with E-state index in [0.717, 1.165) is 11.1 Å². The molecule has 1 aromatic rings. The van der Waals surface area contributed by atoms with Gasteiger partial charge >= 0.3 is 0 Å². The van der Waals surface area contributed by atoms with Crippen molar-refractivity contribution in [2.24, 2.45) is 0 Å². The van der Waals surface area contributed by atoms with E-state index in [9.17, 15) is 8.42 Å². The molecule has 0 amide bonds. The Morgan fingerprint density at radius 1 is 1.28 bits per heavy atom. The normalized spacial score (nSPS) is 11.5. The average molecular weight is 272 g/mol. The number of hydrogen-bond acceptors (Lipinski definition) is 4. The molecule has 5 nitrogen and oxygen atoms in total. The van der Waals surface area contributed by atoms with Gasteiger partial charge in [0.05, 0.1) is 18.0 Å². The lowest BCUT2D eigenvalue weighted by atomic mass is 10.1. The van der Waals surface area contributed by atoms with Crippen molar-refractivity contribution < 1.29 is 13.2 Å². The second-order valence-electron chi connectivity index (χ2n) is 4.15. The Morgan fingerprint density at radius 3 is 2.33 bits per heavy atom. The van der Waals surface area contributed by atoms with Crippen molar-refractivity contribution in [1.82, 2.24) is 0 Å². The van der Waals surface area contributed by atoms with Crippen LogP contribution in [-0.2, 0) is 14.8 Å². The van der Waals surface area contributed by atoms with Gasteiger partial charge in [-0.05, 0) is 44.0 Å². The lowest BCUT2D eigenvalue weighted by Crippen LogP contribution is -2.21. The Morgan fingerprint density at radius 2 is 1.83 bits per heavy atom. The van der Waals surface area contributed by atoms with Crippen molar-refractivity contribution >= 4 is 21.4 Å². The predicted molar refractivity (Wildman–Crippen MR) is 74.2 cm³/mol. The minimum atomic E-state index is -3.38. The molecule has 0 heterocycles. The van der Waals surface area contributed by atoms with Crippen molar-refractivity contribution in [2.45, 2.75) is 20.8 Å². The number of nitrogen functional groups attached to an aromatic ring is 1. The van der Waals surface area contributed by atoms with E-state index in [-0.39, 0.29) is 12.4 Å². The summed E-state index contributed by atoms with van der Waals surface area (Å²) >= 11 is 0. The van der Waals surface area contributed by atoms with Crippen molar-refractivity contribution in [2.75, 3.05) is 29.4 Å². The van der Waals surface area contributed by atoms with Gasteiger partial charge in [0.2, 0.25) is 10.0 Å². The fraction of sp³-hybridized carbons (Fsp3) is 0.500. The fourth-order valence-corrected chi connectivity index (χ4v) is 2.75. The maximum atomic E-state index is 11.8. The first kappa shape index (κ1) is 14.8. The maximum absolute atomic E-state index is 11.8. The molecule has 1 rings (SSSR count). The van der Waals surface area contributed by atoms with Crippen LogP contribution in [-0.4, -0.2) is 27.4 Å². The molecule has 6 heteroatoms. The summed E-state index contributed by atoms with van der Waals surface area (Å²) in [6.07, 6.45) is 0. The minimum Gasteiger partial charge on any atom is -0.399 e. The van der Waals surface area contributed by atoms with Gasteiger partial charge in [-0.3, -0.25) is 4.72 Å². The summed E-state index contributed by atoms with van der Waals surface area (Å²) in [6, 6.07) is 3.49. The summed E-state index contributed by atoms with van der Waals surface area (Å²) in [5.41, 5.74) is 8.54. The summed E-state index contributed by atoms with van der Waals surface area (Å²) in [7, 11) is -3.38. The van der Waals surface area contributed by atoms with E-state index < -0.39 is 10.0 Å². The van der Waals surface area contributed by atoms with E-state index in [0.29, 0.717) is 18.0 Å². The summed E-state index contributed by atoms with van der Waals surface area (Å²) in [4.78, 5) is 0. The Labute approximate surface area is 108 Å². The monoisotopic (exact) mass is 272 g/mol. The van der Waals surface area contributed by atoms with Crippen molar-refractivity contribution in [3.8, 4) is 0 Å². The first-order chi connectivity index (χ1) is 8.35. The second-order valence-corrected chi connectivity index (χ2v) is 5.99. The summed E-state index contributed by atoms with van der Waals surface area (Å²) in [5.74, 6) is -0.0515. The van der Waals surface area contributed by atoms with Gasteiger partial charge < -0.3 is 10.5 Å². The molecule has 1 aromatic carbocycles. The molecule has 0 saturated carbocycles. The summed E-state index contributed by atoms with van der Waals surface area (Å²) in [6.45, 7) is 6.18. The standard InChI is InChI=1S/C12H20N2O3S/c1-4-17-5-6-18(15,16)14-12-9(2)7-11(13)8-10(12)3/h7-8,14H,4-6,13H2,1-3H3. The molecule has 0 fully saturated rings. The van der Waals surface area contributed by atoms with Gasteiger partial charge in [0.25, 0.3) is 0 Å². The van der Waals surface area contributed by atoms with Gasteiger partial charge in [0, 0.05) is 12.3 Å². The summed E-state index contributed by atoms with van der Waals surface area (Å²) in [5, 5.41) is 0. The van der Waals surface area contributed by atoms with Crippen LogP contribution < -0.4 is 10.5 Å². The van der Waals surface area contributed by atoms with E-state index in [1.807, 2.05) is 20.8 Å². The van der Waals surface area contributed by atoms with Crippen LogP contribution in [0.4, 0.5) is 11.4 Å². The highest BCUT2D eigenvalue weighted by Gasteiger charge is 2.13. The average Bonchev–Trinajstić information content (AvgIpc) is 2.23.